The fourth-order valence-electron chi connectivity index (χ4n) is 1.26. The number of hydrazine groups is 1. The summed E-state index contributed by atoms with van der Waals surface area (Å²) < 4.78 is 0. The van der Waals surface area contributed by atoms with Gasteiger partial charge in [-0.15, -0.1) is 11.3 Å². The van der Waals surface area contributed by atoms with Crippen LogP contribution in [0.4, 0.5) is 5.69 Å². The molecule has 1 heterocycles. The second-order valence-corrected chi connectivity index (χ2v) is 4.00. The minimum Gasteiger partial charge on any atom is -0.325 e. The molecule has 0 aliphatic carbocycles. The van der Waals surface area contributed by atoms with E-state index in [2.05, 4.69) is 20.7 Å². The van der Waals surface area contributed by atoms with E-state index in [-0.39, 0.29) is 0 Å². The first-order valence-corrected chi connectivity index (χ1v) is 6.03. The molecule has 0 amide bonds. The van der Waals surface area contributed by atoms with E-state index in [0.29, 0.717) is 12.5 Å². The van der Waals surface area contributed by atoms with Crippen LogP contribution in [-0.4, -0.2) is 10.9 Å². The Bertz CT molecular complexity index is 466. The van der Waals surface area contributed by atoms with E-state index in [0.717, 1.165) is 11.4 Å². The van der Waals surface area contributed by atoms with Gasteiger partial charge in [0, 0.05) is 11.1 Å². The van der Waals surface area contributed by atoms with Gasteiger partial charge in [-0.1, -0.05) is 18.2 Å². The van der Waals surface area contributed by atoms with E-state index in [9.17, 15) is 0 Å². The first kappa shape index (κ1) is 11.6. The molecule has 17 heavy (non-hydrogen) atoms. The molecule has 1 aromatic heterocycles. The Hall–Kier alpha value is -1.92. The first-order chi connectivity index (χ1) is 8.38. The summed E-state index contributed by atoms with van der Waals surface area (Å²) in [6.45, 7) is 0.503. The van der Waals surface area contributed by atoms with Gasteiger partial charge in [0.15, 0.2) is 0 Å². The third kappa shape index (κ3) is 3.54. The topological polar surface area (TPSA) is 75.3 Å². The predicted octanol–water partition coefficient (Wildman–Crippen LogP) is 1.57. The van der Waals surface area contributed by atoms with Crippen molar-refractivity contribution in [2.75, 3.05) is 5.32 Å². The molecule has 0 unspecified atom stereocenters. The van der Waals surface area contributed by atoms with Crippen LogP contribution in [-0.2, 0) is 6.54 Å². The maximum Gasteiger partial charge on any atom is 0.210 e. The maximum atomic E-state index is 5.40. The van der Waals surface area contributed by atoms with E-state index < -0.39 is 0 Å². The number of nitrogens with two attached hydrogens (primary N) is 1. The van der Waals surface area contributed by atoms with Crippen LogP contribution in [0.25, 0.3) is 0 Å². The Morgan fingerprint density at radius 2 is 2.18 bits per heavy atom. The van der Waals surface area contributed by atoms with Crippen molar-refractivity contribution in [3.05, 3.63) is 46.9 Å². The number of hydrogen-bond donors (Lipinski definition) is 3. The smallest absolute Gasteiger partial charge is 0.210 e. The molecule has 0 saturated heterocycles. The normalized spacial score (nSPS) is 11.2. The molecule has 2 rings (SSSR count). The van der Waals surface area contributed by atoms with Crippen molar-refractivity contribution in [3.63, 3.8) is 0 Å². The van der Waals surface area contributed by atoms with Crippen LogP contribution in [0.2, 0.25) is 0 Å². The molecule has 1 aromatic carbocycles. The van der Waals surface area contributed by atoms with Crippen molar-refractivity contribution >= 4 is 23.0 Å². The van der Waals surface area contributed by atoms with Crippen molar-refractivity contribution in [2.45, 2.75) is 6.54 Å². The Balaban J connectivity index is 1.99. The zero-order valence-electron chi connectivity index (χ0n) is 9.13. The number of rotatable bonds is 3. The standard InChI is InChI=1S/C11H13N5S/c12-16-11(13-6-10-7-17-8-14-10)15-9-4-2-1-3-5-9/h1-5,7-8H,6,12H2,(H2,13,15,16). The minimum absolute atomic E-state index is 0.503. The van der Waals surface area contributed by atoms with Gasteiger partial charge in [-0.3, -0.25) is 5.43 Å². The van der Waals surface area contributed by atoms with Gasteiger partial charge < -0.3 is 5.32 Å². The lowest BCUT2D eigenvalue weighted by molar-refractivity contribution is 0.949. The van der Waals surface area contributed by atoms with Crippen molar-refractivity contribution in [3.8, 4) is 0 Å². The Morgan fingerprint density at radius 3 is 2.82 bits per heavy atom. The summed E-state index contributed by atoms with van der Waals surface area (Å²) in [6.07, 6.45) is 0. The lowest BCUT2D eigenvalue weighted by Crippen LogP contribution is -2.36. The zero-order valence-corrected chi connectivity index (χ0v) is 9.95. The fraction of sp³-hybridized carbons (Fsp3) is 0.0909. The van der Waals surface area contributed by atoms with Gasteiger partial charge in [0.2, 0.25) is 5.96 Å². The SMILES string of the molecule is NNC(=NCc1cscn1)Nc1ccccc1. The Kier molecular flexibility index (Phi) is 4.06. The van der Waals surface area contributed by atoms with Crippen LogP contribution in [0.1, 0.15) is 5.69 Å². The minimum atomic E-state index is 0.503. The summed E-state index contributed by atoms with van der Waals surface area (Å²) >= 11 is 1.55. The summed E-state index contributed by atoms with van der Waals surface area (Å²) in [4.78, 5) is 8.44. The third-order valence-electron chi connectivity index (χ3n) is 2.06. The van der Waals surface area contributed by atoms with E-state index in [1.54, 1.807) is 16.8 Å². The summed E-state index contributed by atoms with van der Waals surface area (Å²) in [5, 5.41) is 5.04. The molecule has 4 N–H and O–H groups in total. The van der Waals surface area contributed by atoms with Crippen molar-refractivity contribution in [1.29, 1.82) is 0 Å². The molecule has 0 fully saturated rings. The molecule has 0 atom stereocenters. The van der Waals surface area contributed by atoms with Crippen molar-refractivity contribution in [1.82, 2.24) is 10.4 Å². The number of anilines is 1. The molecule has 0 radical (unpaired) electrons. The highest BCUT2D eigenvalue weighted by atomic mass is 32.1. The van der Waals surface area contributed by atoms with Gasteiger partial charge in [0.1, 0.15) is 0 Å². The molecule has 0 spiro atoms. The molecular formula is C11H13N5S. The number of nitrogens with one attached hydrogen (secondary N) is 2. The third-order valence-corrected chi connectivity index (χ3v) is 2.69. The summed E-state index contributed by atoms with van der Waals surface area (Å²) in [7, 11) is 0. The molecule has 6 heteroatoms. The first-order valence-electron chi connectivity index (χ1n) is 5.08. The quantitative estimate of drug-likeness (QED) is 0.333. The highest BCUT2D eigenvalue weighted by Gasteiger charge is 1.98. The lowest BCUT2D eigenvalue weighted by atomic mass is 10.3. The van der Waals surface area contributed by atoms with E-state index in [4.69, 9.17) is 5.84 Å². The van der Waals surface area contributed by atoms with Crippen LogP contribution >= 0.6 is 11.3 Å². The fourth-order valence-corrected chi connectivity index (χ4v) is 1.80. The lowest BCUT2D eigenvalue weighted by Gasteiger charge is -2.08. The second kappa shape index (κ2) is 5.97. The van der Waals surface area contributed by atoms with Crippen LogP contribution in [0.5, 0.6) is 0 Å². The molecule has 5 nitrogen and oxygen atoms in total. The molecule has 0 aliphatic heterocycles. The molecule has 0 bridgehead atoms. The number of aliphatic imine (C=N–C) groups is 1. The molecule has 0 saturated carbocycles. The van der Waals surface area contributed by atoms with Gasteiger partial charge in [-0.25, -0.2) is 15.8 Å². The van der Waals surface area contributed by atoms with Gasteiger partial charge in [-0.05, 0) is 12.1 Å². The number of para-hydroxylation sites is 1. The highest BCUT2D eigenvalue weighted by molar-refractivity contribution is 7.07. The molecule has 0 aliphatic rings. The maximum absolute atomic E-state index is 5.40. The summed E-state index contributed by atoms with van der Waals surface area (Å²) in [6, 6.07) is 9.71. The highest BCUT2D eigenvalue weighted by Crippen LogP contribution is 2.05. The average Bonchev–Trinajstić information content (AvgIpc) is 2.89. The number of hydrogen-bond acceptors (Lipinski definition) is 4. The monoisotopic (exact) mass is 247 g/mol. The van der Waals surface area contributed by atoms with Gasteiger partial charge >= 0.3 is 0 Å². The van der Waals surface area contributed by atoms with Gasteiger partial charge in [0.25, 0.3) is 0 Å². The zero-order chi connectivity index (χ0) is 11.9. The van der Waals surface area contributed by atoms with Crippen molar-refractivity contribution in [2.24, 2.45) is 10.8 Å². The Morgan fingerprint density at radius 1 is 1.35 bits per heavy atom. The summed E-state index contributed by atoms with van der Waals surface area (Å²) in [5.74, 6) is 5.92. The number of guanidine groups is 1. The summed E-state index contributed by atoms with van der Waals surface area (Å²) in [5.41, 5.74) is 6.17. The van der Waals surface area contributed by atoms with E-state index in [1.807, 2.05) is 35.7 Å². The molecular weight excluding hydrogens is 234 g/mol. The van der Waals surface area contributed by atoms with Crippen LogP contribution in [0.15, 0.2) is 46.2 Å². The molecule has 2 aromatic rings. The Labute approximate surface area is 103 Å². The van der Waals surface area contributed by atoms with E-state index in [1.165, 1.54) is 0 Å². The largest absolute Gasteiger partial charge is 0.325 e. The predicted molar refractivity (Wildman–Crippen MR) is 70.6 cm³/mol. The number of thiazole rings is 1. The average molecular weight is 247 g/mol. The van der Waals surface area contributed by atoms with Crippen LogP contribution < -0.4 is 16.6 Å². The number of benzene rings is 1. The van der Waals surface area contributed by atoms with Gasteiger partial charge in [-0.2, -0.15) is 0 Å². The van der Waals surface area contributed by atoms with Crippen LogP contribution in [0.3, 0.4) is 0 Å². The van der Waals surface area contributed by atoms with E-state index >= 15 is 0 Å². The van der Waals surface area contributed by atoms with Crippen LogP contribution in [0, 0.1) is 0 Å². The number of aromatic nitrogens is 1. The van der Waals surface area contributed by atoms with Crippen molar-refractivity contribution < 1.29 is 0 Å². The number of nitrogens with zero attached hydrogens (tertiary/aromatic N) is 2. The molecule has 88 valence electrons. The second-order valence-electron chi connectivity index (χ2n) is 3.28. The van der Waals surface area contributed by atoms with Gasteiger partial charge in [0.05, 0.1) is 17.7 Å².